The lowest BCUT2D eigenvalue weighted by atomic mass is 10.0. The molecule has 2 saturated heterocycles. The van der Waals surface area contributed by atoms with Gasteiger partial charge in [-0.2, -0.15) is 5.26 Å². The number of carbonyl (C=O) groups excluding carboxylic acids is 3. The highest BCUT2D eigenvalue weighted by Gasteiger charge is 2.40. The number of amides is 3. The van der Waals surface area contributed by atoms with Gasteiger partial charge in [0.1, 0.15) is 6.04 Å². The monoisotopic (exact) mass is 381 g/mol. The number of hydrogen-bond acceptors (Lipinski definition) is 6. The van der Waals surface area contributed by atoms with Gasteiger partial charge >= 0.3 is 0 Å². The zero-order chi connectivity index (χ0) is 19.7. The van der Waals surface area contributed by atoms with Gasteiger partial charge in [-0.3, -0.25) is 24.6 Å². The average Bonchev–Trinajstić information content (AvgIpc) is 3.01. The lowest BCUT2D eigenvalue weighted by Crippen LogP contribution is -2.52. The molecule has 2 unspecified atom stereocenters. The minimum absolute atomic E-state index is 0.123. The summed E-state index contributed by atoms with van der Waals surface area (Å²) in [5.41, 5.74) is 2.52. The SMILES string of the molecule is N#CCC1CNCCN1Cc1cccc2c1C(=O)N(C1CCC(=O)NC1=O)C2. The van der Waals surface area contributed by atoms with Crippen LogP contribution >= 0.6 is 0 Å². The fourth-order valence-electron chi connectivity index (χ4n) is 4.36. The van der Waals surface area contributed by atoms with Gasteiger partial charge in [0.2, 0.25) is 11.8 Å². The van der Waals surface area contributed by atoms with E-state index in [2.05, 4.69) is 21.6 Å². The molecule has 0 radical (unpaired) electrons. The van der Waals surface area contributed by atoms with Gasteiger partial charge in [-0.1, -0.05) is 18.2 Å². The van der Waals surface area contributed by atoms with E-state index in [9.17, 15) is 14.4 Å². The molecule has 8 heteroatoms. The van der Waals surface area contributed by atoms with Crippen molar-refractivity contribution in [1.82, 2.24) is 20.4 Å². The Morgan fingerprint density at radius 1 is 1.25 bits per heavy atom. The van der Waals surface area contributed by atoms with E-state index >= 15 is 0 Å². The van der Waals surface area contributed by atoms with Crippen molar-refractivity contribution < 1.29 is 14.4 Å². The quantitative estimate of drug-likeness (QED) is 0.719. The first-order valence-corrected chi connectivity index (χ1v) is 9.65. The van der Waals surface area contributed by atoms with Crippen molar-refractivity contribution in [3.8, 4) is 6.07 Å². The molecule has 3 aliphatic rings. The van der Waals surface area contributed by atoms with Gasteiger partial charge in [0, 0.05) is 50.7 Å². The molecule has 28 heavy (non-hydrogen) atoms. The molecule has 0 bridgehead atoms. The van der Waals surface area contributed by atoms with Crippen LogP contribution in [-0.4, -0.2) is 59.2 Å². The second-order valence-electron chi connectivity index (χ2n) is 7.54. The molecule has 0 aliphatic carbocycles. The Hall–Kier alpha value is -2.76. The molecular formula is C20H23N5O3. The molecule has 3 amide bonds. The first kappa shape index (κ1) is 18.6. The van der Waals surface area contributed by atoms with Gasteiger partial charge in [-0.05, 0) is 17.5 Å². The van der Waals surface area contributed by atoms with Crippen molar-refractivity contribution in [3.05, 3.63) is 34.9 Å². The number of benzene rings is 1. The molecule has 2 fully saturated rings. The van der Waals surface area contributed by atoms with Crippen LogP contribution in [0.1, 0.15) is 40.7 Å². The average molecular weight is 381 g/mol. The first-order valence-electron chi connectivity index (χ1n) is 9.65. The van der Waals surface area contributed by atoms with Crippen molar-refractivity contribution in [2.45, 2.75) is 44.4 Å². The van der Waals surface area contributed by atoms with Crippen molar-refractivity contribution in [3.63, 3.8) is 0 Å². The number of rotatable bonds is 4. The second-order valence-corrected chi connectivity index (χ2v) is 7.54. The third-order valence-electron chi connectivity index (χ3n) is 5.81. The molecule has 3 heterocycles. The number of imide groups is 1. The molecule has 2 atom stereocenters. The van der Waals surface area contributed by atoms with Gasteiger partial charge in [0.25, 0.3) is 5.91 Å². The van der Waals surface area contributed by atoms with Crippen LogP contribution < -0.4 is 10.6 Å². The van der Waals surface area contributed by atoms with E-state index < -0.39 is 11.9 Å². The van der Waals surface area contributed by atoms with E-state index in [0.717, 1.165) is 30.8 Å². The van der Waals surface area contributed by atoms with E-state index in [1.165, 1.54) is 0 Å². The number of hydrogen-bond donors (Lipinski definition) is 2. The normalized spacial score (nSPS) is 25.4. The Balaban J connectivity index is 1.56. The van der Waals surface area contributed by atoms with Crippen LogP contribution in [0.25, 0.3) is 0 Å². The van der Waals surface area contributed by atoms with Crippen molar-refractivity contribution in [2.75, 3.05) is 19.6 Å². The minimum atomic E-state index is -0.601. The Bertz CT molecular complexity index is 862. The maximum absolute atomic E-state index is 13.2. The summed E-state index contributed by atoms with van der Waals surface area (Å²) >= 11 is 0. The Morgan fingerprint density at radius 2 is 2.11 bits per heavy atom. The van der Waals surface area contributed by atoms with Crippen LogP contribution in [0.3, 0.4) is 0 Å². The van der Waals surface area contributed by atoms with Gasteiger partial charge < -0.3 is 10.2 Å². The Labute approximate surface area is 163 Å². The first-order chi connectivity index (χ1) is 13.6. The van der Waals surface area contributed by atoms with Crippen LogP contribution in [0.4, 0.5) is 0 Å². The molecule has 1 aromatic carbocycles. The zero-order valence-electron chi connectivity index (χ0n) is 15.6. The molecule has 0 aromatic heterocycles. The Morgan fingerprint density at radius 3 is 2.89 bits per heavy atom. The number of piperidine rings is 1. The van der Waals surface area contributed by atoms with E-state index in [-0.39, 0.29) is 24.3 Å². The maximum Gasteiger partial charge on any atom is 0.255 e. The number of carbonyl (C=O) groups is 3. The van der Waals surface area contributed by atoms with Crippen LogP contribution in [-0.2, 0) is 22.7 Å². The molecule has 0 saturated carbocycles. The topological polar surface area (TPSA) is 106 Å². The largest absolute Gasteiger partial charge is 0.322 e. The smallest absolute Gasteiger partial charge is 0.255 e. The number of nitrogens with one attached hydrogen (secondary N) is 2. The van der Waals surface area contributed by atoms with Gasteiger partial charge in [-0.25, -0.2) is 0 Å². The lowest BCUT2D eigenvalue weighted by molar-refractivity contribution is -0.136. The highest BCUT2D eigenvalue weighted by Crippen LogP contribution is 2.30. The third-order valence-corrected chi connectivity index (χ3v) is 5.81. The lowest BCUT2D eigenvalue weighted by Gasteiger charge is -2.35. The van der Waals surface area contributed by atoms with Gasteiger partial charge in [-0.15, -0.1) is 0 Å². The molecule has 3 aliphatic heterocycles. The van der Waals surface area contributed by atoms with Crippen LogP contribution in [0.5, 0.6) is 0 Å². The molecule has 4 rings (SSSR count). The molecule has 0 spiro atoms. The molecule has 8 nitrogen and oxygen atoms in total. The summed E-state index contributed by atoms with van der Waals surface area (Å²) < 4.78 is 0. The fraction of sp³-hybridized carbons (Fsp3) is 0.500. The number of nitrogens with zero attached hydrogens (tertiary/aromatic N) is 3. The zero-order valence-corrected chi connectivity index (χ0v) is 15.6. The van der Waals surface area contributed by atoms with Crippen molar-refractivity contribution >= 4 is 17.7 Å². The highest BCUT2D eigenvalue weighted by molar-refractivity contribution is 6.05. The number of nitriles is 1. The maximum atomic E-state index is 13.2. The molecule has 146 valence electrons. The van der Waals surface area contributed by atoms with Gasteiger partial charge in [0.15, 0.2) is 0 Å². The van der Waals surface area contributed by atoms with Crippen LogP contribution in [0.2, 0.25) is 0 Å². The minimum Gasteiger partial charge on any atom is -0.322 e. The van der Waals surface area contributed by atoms with Gasteiger partial charge in [0.05, 0.1) is 12.5 Å². The Kier molecular flexibility index (Phi) is 5.11. The predicted octanol–water partition coefficient (Wildman–Crippen LogP) is 0.135. The van der Waals surface area contributed by atoms with E-state index in [0.29, 0.717) is 31.5 Å². The van der Waals surface area contributed by atoms with Crippen LogP contribution in [0.15, 0.2) is 18.2 Å². The van der Waals surface area contributed by atoms with E-state index in [1.807, 2.05) is 18.2 Å². The summed E-state index contributed by atoms with van der Waals surface area (Å²) in [7, 11) is 0. The second kappa shape index (κ2) is 7.70. The van der Waals surface area contributed by atoms with Crippen molar-refractivity contribution in [1.29, 1.82) is 5.26 Å². The summed E-state index contributed by atoms with van der Waals surface area (Å²) in [4.78, 5) is 40.7. The van der Waals surface area contributed by atoms with Crippen LogP contribution in [0, 0.1) is 11.3 Å². The standard InChI is InChI=1S/C20H23N5O3/c21-7-6-15-10-22-8-9-24(15)11-13-2-1-3-14-12-25(20(28)18(13)14)16-4-5-17(26)23-19(16)27/h1-3,15-16,22H,4-6,8-12H2,(H,23,26,27). The summed E-state index contributed by atoms with van der Waals surface area (Å²) in [6, 6.07) is 7.59. The molecular weight excluding hydrogens is 358 g/mol. The fourth-order valence-corrected chi connectivity index (χ4v) is 4.36. The summed E-state index contributed by atoms with van der Waals surface area (Å²) in [5, 5.41) is 14.7. The number of fused-ring (bicyclic) bond motifs is 1. The summed E-state index contributed by atoms with van der Waals surface area (Å²) in [6.07, 6.45) is 1.06. The molecule has 2 N–H and O–H groups in total. The highest BCUT2D eigenvalue weighted by atomic mass is 16.2. The number of piperazine rings is 1. The third kappa shape index (κ3) is 3.39. The summed E-state index contributed by atoms with van der Waals surface area (Å²) in [6.45, 7) is 3.43. The summed E-state index contributed by atoms with van der Waals surface area (Å²) in [5.74, 6) is -0.824. The van der Waals surface area contributed by atoms with E-state index in [4.69, 9.17) is 5.26 Å². The molecule has 1 aromatic rings. The van der Waals surface area contributed by atoms with E-state index in [1.54, 1.807) is 4.90 Å². The predicted molar refractivity (Wildman–Crippen MR) is 99.8 cm³/mol. The van der Waals surface area contributed by atoms with Crippen molar-refractivity contribution in [2.24, 2.45) is 0 Å².